The Morgan fingerprint density at radius 2 is 2.21 bits per heavy atom. The van der Waals surface area contributed by atoms with Gasteiger partial charge in [0.2, 0.25) is 0 Å². The second kappa shape index (κ2) is 3.62. The molecule has 1 aromatic rings. The average molecular weight is 191 g/mol. The highest BCUT2D eigenvalue weighted by Crippen LogP contribution is 2.29. The lowest BCUT2D eigenvalue weighted by atomic mass is 9.96. The van der Waals surface area contributed by atoms with E-state index in [1.54, 1.807) is 0 Å². The third-order valence-corrected chi connectivity index (χ3v) is 2.79. The summed E-state index contributed by atoms with van der Waals surface area (Å²) in [7, 11) is 0. The lowest BCUT2D eigenvalue weighted by Gasteiger charge is -2.20. The van der Waals surface area contributed by atoms with Crippen LogP contribution in [-0.4, -0.2) is 6.61 Å². The van der Waals surface area contributed by atoms with Crippen molar-refractivity contribution in [3.8, 4) is 5.75 Å². The monoisotopic (exact) mass is 191 g/mol. The summed E-state index contributed by atoms with van der Waals surface area (Å²) in [6.07, 6.45) is 2.24. The van der Waals surface area contributed by atoms with E-state index in [-0.39, 0.29) is 6.04 Å². The van der Waals surface area contributed by atoms with Crippen molar-refractivity contribution >= 4 is 0 Å². The van der Waals surface area contributed by atoms with E-state index < -0.39 is 0 Å². The molecule has 0 saturated carbocycles. The molecule has 0 bridgehead atoms. The normalized spacial score (nSPS) is 17.1. The lowest BCUT2D eigenvalue weighted by molar-refractivity contribution is 0.288. The number of hydrogen-bond acceptors (Lipinski definition) is 2. The molecular weight excluding hydrogens is 174 g/mol. The Balaban J connectivity index is 2.45. The summed E-state index contributed by atoms with van der Waals surface area (Å²) >= 11 is 0. The second-order valence-corrected chi connectivity index (χ2v) is 4.06. The molecule has 2 rings (SSSR count). The number of hydrogen-bond donors (Lipinski definition) is 1. The highest BCUT2D eigenvalue weighted by molar-refractivity contribution is 5.44. The fraction of sp³-hybridized carbons (Fsp3) is 0.500. The van der Waals surface area contributed by atoms with Crippen LogP contribution in [0.2, 0.25) is 0 Å². The SMILES string of the molecule is Cc1cc2c(cc1[C@H](C)N)CCCO2. The molecule has 2 heteroatoms. The summed E-state index contributed by atoms with van der Waals surface area (Å²) in [6.45, 7) is 4.97. The molecule has 1 aliphatic rings. The maximum Gasteiger partial charge on any atom is 0.122 e. The second-order valence-electron chi connectivity index (χ2n) is 4.06. The first-order valence-electron chi connectivity index (χ1n) is 5.20. The molecule has 1 aromatic carbocycles. The molecule has 0 fully saturated rings. The number of ether oxygens (including phenoxy) is 1. The molecule has 0 spiro atoms. The molecule has 1 aliphatic heterocycles. The van der Waals surface area contributed by atoms with E-state index in [0.29, 0.717) is 0 Å². The van der Waals surface area contributed by atoms with Crippen molar-refractivity contribution in [3.05, 3.63) is 28.8 Å². The molecule has 76 valence electrons. The van der Waals surface area contributed by atoms with Crippen molar-refractivity contribution in [2.24, 2.45) is 5.73 Å². The standard InChI is InChI=1S/C12H17NO/c1-8-6-12-10(4-3-5-14-12)7-11(8)9(2)13/h6-7,9H,3-5,13H2,1-2H3/t9-/m0/s1. The van der Waals surface area contributed by atoms with Gasteiger partial charge in [-0.2, -0.15) is 0 Å². The minimum atomic E-state index is 0.113. The maximum absolute atomic E-state index is 5.91. The number of rotatable bonds is 1. The van der Waals surface area contributed by atoms with Crippen molar-refractivity contribution in [2.45, 2.75) is 32.7 Å². The van der Waals surface area contributed by atoms with Crippen LogP contribution in [0.5, 0.6) is 5.75 Å². The van der Waals surface area contributed by atoms with Gasteiger partial charge in [-0.25, -0.2) is 0 Å². The molecule has 1 atom stereocenters. The molecule has 2 nitrogen and oxygen atoms in total. The van der Waals surface area contributed by atoms with Crippen molar-refractivity contribution in [2.75, 3.05) is 6.61 Å². The Labute approximate surface area is 85.1 Å². The van der Waals surface area contributed by atoms with Gasteiger partial charge in [-0.15, -0.1) is 0 Å². The summed E-state index contributed by atoms with van der Waals surface area (Å²) < 4.78 is 5.60. The van der Waals surface area contributed by atoms with Crippen LogP contribution in [0.4, 0.5) is 0 Å². The summed E-state index contributed by atoms with van der Waals surface area (Å²) in [6, 6.07) is 4.43. The Kier molecular flexibility index (Phi) is 2.46. The molecule has 2 N–H and O–H groups in total. The van der Waals surface area contributed by atoms with Gasteiger partial charge in [-0.3, -0.25) is 0 Å². The van der Waals surface area contributed by atoms with E-state index in [1.807, 2.05) is 6.92 Å². The first-order valence-corrected chi connectivity index (χ1v) is 5.20. The molecule has 0 unspecified atom stereocenters. The van der Waals surface area contributed by atoms with Crippen LogP contribution in [0.3, 0.4) is 0 Å². The number of benzene rings is 1. The molecule has 0 amide bonds. The number of nitrogens with two attached hydrogens (primary N) is 1. The highest BCUT2D eigenvalue weighted by atomic mass is 16.5. The van der Waals surface area contributed by atoms with Gasteiger partial charge in [-0.05, 0) is 49.4 Å². The zero-order chi connectivity index (χ0) is 10.1. The first kappa shape index (κ1) is 9.53. The van der Waals surface area contributed by atoms with Gasteiger partial charge in [0.25, 0.3) is 0 Å². The molecule has 0 aliphatic carbocycles. The van der Waals surface area contributed by atoms with Crippen molar-refractivity contribution in [1.82, 2.24) is 0 Å². The van der Waals surface area contributed by atoms with Gasteiger partial charge >= 0.3 is 0 Å². The van der Waals surface area contributed by atoms with Gasteiger partial charge in [0.1, 0.15) is 5.75 Å². The zero-order valence-electron chi connectivity index (χ0n) is 8.84. The Morgan fingerprint density at radius 1 is 1.43 bits per heavy atom. The Morgan fingerprint density at radius 3 is 2.93 bits per heavy atom. The Bertz CT molecular complexity index is 344. The van der Waals surface area contributed by atoms with E-state index >= 15 is 0 Å². The molecule has 0 aromatic heterocycles. The quantitative estimate of drug-likeness (QED) is 0.739. The minimum absolute atomic E-state index is 0.113. The van der Waals surface area contributed by atoms with E-state index in [2.05, 4.69) is 19.1 Å². The van der Waals surface area contributed by atoms with Crippen LogP contribution in [-0.2, 0) is 6.42 Å². The third-order valence-electron chi connectivity index (χ3n) is 2.79. The van der Waals surface area contributed by atoms with Crippen LogP contribution in [0.1, 0.15) is 36.1 Å². The summed E-state index contributed by atoms with van der Waals surface area (Å²) in [5, 5.41) is 0. The number of fused-ring (bicyclic) bond motifs is 1. The van der Waals surface area contributed by atoms with Crippen LogP contribution >= 0.6 is 0 Å². The molecule has 14 heavy (non-hydrogen) atoms. The average Bonchev–Trinajstić information content (AvgIpc) is 2.16. The summed E-state index contributed by atoms with van der Waals surface area (Å²) in [4.78, 5) is 0. The van der Waals surface area contributed by atoms with Crippen LogP contribution in [0.15, 0.2) is 12.1 Å². The van der Waals surface area contributed by atoms with Gasteiger partial charge in [-0.1, -0.05) is 6.07 Å². The molecule has 1 heterocycles. The van der Waals surface area contributed by atoms with Crippen molar-refractivity contribution in [1.29, 1.82) is 0 Å². The molecular formula is C12H17NO. The van der Waals surface area contributed by atoms with Gasteiger partial charge in [0, 0.05) is 6.04 Å². The first-order chi connectivity index (χ1) is 6.68. The maximum atomic E-state index is 5.91. The Hall–Kier alpha value is -1.02. The largest absolute Gasteiger partial charge is 0.493 e. The topological polar surface area (TPSA) is 35.2 Å². The van der Waals surface area contributed by atoms with Crippen LogP contribution in [0, 0.1) is 6.92 Å². The summed E-state index contributed by atoms with van der Waals surface area (Å²) in [5.74, 6) is 1.05. The number of aryl methyl sites for hydroxylation is 2. The lowest BCUT2D eigenvalue weighted by Crippen LogP contribution is -2.12. The predicted octanol–water partition coefficient (Wildman–Crippen LogP) is 2.34. The van der Waals surface area contributed by atoms with Gasteiger partial charge in [0.05, 0.1) is 6.61 Å². The fourth-order valence-corrected chi connectivity index (χ4v) is 2.01. The van der Waals surface area contributed by atoms with E-state index in [1.165, 1.54) is 16.7 Å². The third kappa shape index (κ3) is 1.62. The van der Waals surface area contributed by atoms with Gasteiger partial charge in [0.15, 0.2) is 0 Å². The van der Waals surface area contributed by atoms with Crippen molar-refractivity contribution < 1.29 is 4.74 Å². The van der Waals surface area contributed by atoms with Crippen LogP contribution < -0.4 is 10.5 Å². The molecule has 0 radical (unpaired) electrons. The minimum Gasteiger partial charge on any atom is -0.493 e. The van der Waals surface area contributed by atoms with Crippen LogP contribution in [0.25, 0.3) is 0 Å². The van der Waals surface area contributed by atoms with E-state index in [9.17, 15) is 0 Å². The predicted molar refractivity (Wildman–Crippen MR) is 57.6 cm³/mol. The van der Waals surface area contributed by atoms with E-state index in [0.717, 1.165) is 25.2 Å². The van der Waals surface area contributed by atoms with Gasteiger partial charge < -0.3 is 10.5 Å². The smallest absolute Gasteiger partial charge is 0.122 e. The van der Waals surface area contributed by atoms with Crippen molar-refractivity contribution in [3.63, 3.8) is 0 Å². The highest BCUT2D eigenvalue weighted by Gasteiger charge is 2.14. The summed E-state index contributed by atoms with van der Waals surface area (Å²) in [5.41, 5.74) is 9.70. The molecule has 0 saturated heterocycles. The zero-order valence-corrected chi connectivity index (χ0v) is 8.84. The van der Waals surface area contributed by atoms with E-state index in [4.69, 9.17) is 10.5 Å². The fourth-order valence-electron chi connectivity index (χ4n) is 2.01.